The Balaban J connectivity index is -0.000000171. The van der Waals surface area contributed by atoms with Crippen LogP contribution in [0.4, 0.5) is 0 Å². The summed E-state index contributed by atoms with van der Waals surface area (Å²) in [6, 6.07) is 0. The third kappa shape index (κ3) is 66.9. The first-order chi connectivity index (χ1) is 13.6. The maximum atomic E-state index is 9.25. The second-order valence-corrected chi connectivity index (χ2v) is 5.72. The van der Waals surface area contributed by atoms with Gasteiger partial charge in [0, 0.05) is 18.2 Å². The van der Waals surface area contributed by atoms with E-state index in [9.17, 15) is 14.4 Å². The van der Waals surface area contributed by atoms with Crippen molar-refractivity contribution in [1.29, 1.82) is 0 Å². The Morgan fingerprint density at radius 3 is 1.10 bits per heavy atom. The average Bonchev–Trinajstić information content (AvgIpc) is 2.67. The molecular formula is C21H38O8. The molecule has 0 atom stereocenters. The predicted octanol–water partition coefficient (Wildman–Crippen LogP) is 3.99. The maximum Gasteiger partial charge on any atom is 0.327 e. The van der Waals surface area contributed by atoms with Crippen molar-refractivity contribution in [3.05, 3.63) is 38.0 Å². The second-order valence-electron chi connectivity index (χ2n) is 5.72. The number of hydrogen-bond donors (Lipinski definition) is 5. The zero-order valence-electron chi connectivity index (χ0n) is 17.5. The van der Waals surface area contributed by atoms with Gasteiger partial charge in [0.15, 0.2) is 6.29 Å². The van der Waals surface area contributed by atoms with Gasteiger partial charge in [0.2, 0.25) is 0 Å². The molecule has 0 bridgehead atoms. The van der Waals surface area contributed by atoms with Crippen LogP contribution in [0, 0.1) is 0 Å². The van der Waals surface area contributed by atoms with E-state index < -0.39 is 24.2 Å². The molecule has 0 spiro atoms. The van der Waals surface area contributed by atoms with Crippen molar-refractivity contribution in [2.24, 2.45) is 0 Å². The number of aliphatic hydroxyl groups is 2. The molecule has 0 saturated carbocycles. The van der Waals surface area contributed by atoms with E-state index in [2.05, 4.69) is 26.7 Å². The summed E-state index contributed by atoms with van der Waals surface area (Å²) in [5.74, 6) is -2.94. The minimum atomic E-state index is -1.10. The Bertz CT molecular complexity index is 388. The number of carboxylic acid groups (broad SMARTS) is 3. The van der Waals surface area contributed by atoms with Crippen LogP contribution in [0.2, 0.25) is 0 Å². The van der Waals surface area contributed by atoms with E-state index in [0.29, 0.717) is 6.42 Å². The van der Waals surface area contributed by atoms with Crippen molar-refractivity contribution in [2.75, 3.05) is 0 Å². The van der Waals surface area contributed by atoms with Gasteiger partial charge in [0.25, 0.3) is 0 Å². The van der Waals surface area contributed by atoms with Crippen molar-refractivity contribution in [3.63, 3.8) is 0 Å². The zero-order valence-corrected chi connectivity index (χ0v) is 17.5. The SMILES string of the molecule is C=CC(=O)O.C=CC(=O)O.C=CC(=O)O.CCCCCCCCCCCC(O)O. The van der Waals surface area contributed by atoms with Crippen LogP contribution in [0.3, 0.4) is 0 Å². The molecule has 0 fully saturated rings. The molecule has 0 aliphatic rings. The highest BCUT2D eigenvalue weighted by atomic mass is 16.5. The summed E-state index contributed by atoms with van der Waals surface area (Å²) in [6.45, 7) is 11.1. The van der Waals surface area contributed by atoms with Crippen molar-refractivity contribution < 1.29 is 39.9 Å². The quantitative estimate of drug-likeness (QED) is 0.171. The van der Waals surface area contributed by atoms with Crippen LogP contribution >= 0.6 is 0 Å². The lowest BCUT2D eigenvalue weighted by molar-refractivity contribution is -0.132. The standard InChI is InChI=1S/C12H26O2.3C3H4O2/c1-2-3-4-5-6-7-8-9-10-11-12(13)14;3*1-2-3(4)5/h12-14H,2-11H2,1H3;3*2H,1H2,(H,4,5). The van der Waals surface area contributed by atoms with Crippen LogP contribution in [0.5, 0.6) is 0 Å². The van der Waals surface area contributed by atoms with Gasteiger partial charge < -0.3 is 25.5 Å². The third-order valence-electron chi connectivity index (χ3n) is 3.09. The van der Waals surface area contributed by atoms with Crippen LogP contribution in [-0.4, -0.2) is 49.7 Å². The van der Waals surface area contributed by atoms with Crippen molar-refractivity contribution in [2.45, 2.75) is 77.4 Å². The summed E-state index contributed by atoms with van der Waals surface area (Å²) in [5, 5.41) is 40.0. The first kappa shape index (κ1) is 34.1. The number of rotatable bonds is 13. The number of unbranched alkanes of at least 4 members (excludes halogenated alkanes) is 8. The van der Waals surface area contributed by atoms with Crippen LogP contribution in [-0.2, 0) is 14.4 Å². The molecule has 0 aromatic carbocycles. The second kappa shape index (κ2) is 30.3. The summed E-state index contributed by atoms with van der Waals surface area (Å²) >= 11 is 0. The molecule has 8 heteroatoms. The fraction of sp³-hybridized carbons (Fsp3) is 0.571. The van der Waals surface area contributed by atoms with Crippen LogP contribution < -0.4 is 0 Å². The van der Waals surface area contributed by atoms with Gasteiger partial charge in [-0.15, -0.1) is 0 Å². The van der Waals surface area contributed by atoms with E-state index in [1.165, 1.54) is 44.9 Å². The Kier molecular flexibility index (Phi) is 35.6. The number of aliphatic hydroxyl groups excluding tert-OH is 1. The summed E-state index contributed by atoms with van der Waals surface area (Å²) in [4.78, 5) is 27.8. The van der Waals surface area contributed by atoms with Gasteiger partial charge in [-0.1, -0.05) is 78.0 Å². The fourth-order valence-corrected chi connectivity index (χ4v) is 1.64. The molecule has 29 heavy (non-hydrogen) atoms. The zero-order chi connectivity index (χ0) is 23.5. The lowest BCUT2D eigenvalue weighted by Crippen LogP contribution is -2.02. The van der Waals surface area contributed by atoms with E-state index >= 15 is 0 Å². The average molecular weight is 419 g/mol. The van der Waals surface area contributed by atoms with E-state index in [4.69, 9.17) is 25.5 Å². The van der Waals surface area contributed by atoms with Gasteiger partial charge in [-0.3, -0.25) is 0 Å². The summed E-state index contributed by atoms with van der Waals surface area (Å²) in [5.41, 5.74) is 0. The molecule has 0 aromatic rings. The normalized spacial score (nSPS) is 8.69. The topological polar surface area (TPSA) is 152 Å². The number of aliphatic carboxylic acids is 3. The summed E-state index contributed by atoms with van der Waals surface area (Å²) < 4.78 is 0. The molecule has 0 aromatic heterocycles. The molecular weight excluding hydrogens is 380 g/mol. The molecule has 5 N–H and O–H groups in total. The van der Waals surface area contributed by atoms with Gasteiger partial charge in [-0.2, -0.15) is 0 Å². The van der Waals surface area contributed by atoms with Gasteiger partial charge in [-0.25, -0.2) is 14.4 Å². The monoisotopic (exact) mass is 418 g/mol. The molecule has 0 rings (SSSR count). The molecule has 0 radical (unpaired) electrons. The van der Waals surface area contributed by atoms with E-state index in [-0.39, 0.29) is 0 Å². The van der Waals surface area contributed by atoms with E-state index in [1.54, 1.807) is 0 Å². The molecule has 0 saturated heterocycles. The maximum absolute atomic E-state index is 9.25. The highest BCUT2D eigenvalue weighted by Crippen LogP contribution is 2.10. The van der Waals surface area contributed by atoms with Crippen LogP contribution in [0.1, 0.15) is 71.1 Å². The van der Waals surface area contributed by atoms with E-state index in [1.807, 2.05) is 0 Å². The van der Waals surface area contributed by atoms with Crippen LogP contribution in [0.15, 0.2) is 38.0 Å². The number of hydrogen-bond acceptors (Lipinski definition) is 5. The minimum absolute atomic E-state index is 0.538. The Hall–Kier alpha value is -2.45. The predicted molar refractivity (Wildman–Crippen MR) is 114 cm³/mol. The number of carboxylic acids is 3. The number of carbonyl (C=O) groups is 3. The van der Waals surface area contributed by atoms with Crippen molar-refractivity contribution in [3.8, 4) is 0 Å². The Morgan fingerprint density at radius 1 is 0.655 bits per heavy atom. The summed E-state index contributed by atoms with van der Waals surface area (Å²) in [7, 11) is 0. The Labute approximate surface area is 173 Å². The lowest BCUT2D eigenvalue weighted by atomic mass is 10.1. The fourth-order valence-electron chi connectivity index (χ4n) is 1.64. The molecule has 8 nitrogen and oxygen atoms in total. The minimum Gasteiger partial charge on any atom is -0.478 e. The first-order valence-electron chi connectivity index (χ1n) is 9.51. The molecule has 0 amide bonds. The molecule has 0 aliphatic heterocycles. The largest absolute Gasteiger partial charge is 0.478 e. The molecule has 0 unspecified atom stereocenters. The molecule has 170 valence electrons. The molecule has 0 aliphatic carbocycles. The van der Waals surface area contributed by atoms with Gasteiger partial charge in [0.05, 0.1) is 0 Å². The van der Waals surface area contributed by atoms with Crippen LogP contribution in [0.25, 0.3) is 0 Å². The van der Waals surface area contributed by atoms with Crippen molar-refractivity contribution >= 4 is 17.9 Å². The van der Waals surface area contributed by atoms with E-state index in [0.717, 1.165) is 31.1 Å². The summed E-state index contributed by atoms with van der Waals surface area (Å²) in [6.07, 6.45) is 13.4. The van der Waals surface area contributed by atoms with Gasteiger partial charge >= 0.3 is 17.9 Å². The highest BCUT2D eigenvalue weighted by molar-refractivity contribution is 5.79. The first-order valence-corrected chi connectivity index (χ1v) is 9.51. The lowest BCUT2D eigenvalue weighted by Gasteiger charge is -2.03. The molecule has 0 heterocycles. The Morgan fingerprint density at radius 2 is 0.897 bits per heavy atom. The smallest absolute Gasteiger partial charge is 0.327 e. The third-order valence-corrected chi connectivity index (χ3v) is 3.09. The van der Waals surface area contributed by atoms with Gasteiger partial charge in [-0.05, 0) is 12.8 Å². The highest BCUT2D eigenvalue weighted by Gasteiger charge is 1.96. The van der Waals surface area contributed by atoms with Gasteiger partial charge in [0.1, 0.15) is 0 Å². The van der Waals surface area contributed by atoms with Crippen molar-refractivity contribution in [1.82, 2.24) is 0 Å².